The van der Waals surface area contributed by atoms with Crippen LogP contribution >= 0.6 is 12.2 Å². The SMILES string of the molecule is CCC(CC)c1n[nH]c(=S)n1/N=C\c1cccc(F)c1. The summed E-state index contributed by atoms with van der Waals surface area (Å²) in [5, 5.41) is 11.3. The van der Waals surface area contributed by atoms with Crippen LogP contribution in [0.15, 0.2) is 29.4 Å². The first-order valence-corrected chi connectivity index (χ1v) is 7.03. The molecule has 2 rings (SSSR count). The summed E-state index contributed by atoms with van der Waals surface area (Å²) in [5.41, 5.74) is 0.684. The molecular formula is C14H17FN4S. The van der Waals surface area contributed by atoms with Crippen molar-refractivity contribution in [3.8, 4) is 0 Å². The lowest BCUT2D eigenvalue weighted by molar-refractivity contribution is 0.571. The van der Waals surface area contributed by atoms with E-state index in [2.05, 4.69) is 29.1 Å². The number of hydrogen-bond donors (Lipinski definition) is 1. The molecule has 0 aliphatic heterocycles. The summed E-state index contributed by atoms with van der Waals surface area (Å²) in [4.78, 5) is 0. The van der Waals surface area contributed by atoms with Gasteiger partial charge in [-0.1, -0.05) is 26.0 Å². The van der Waals surface area contributed by atoms with Gasteiger partial charge in [0.25, 0.3) is 0 Å². The zero-order chi connectivity index (χ0) is 14.5. The van der Waals surface area contributed by atoms with E-state index in [0.29, 0.717) is 16.3 Å². The third-order valence-electron chi connectivity index (χ3n) is 3.20. The second-order valence-electron chi connectivity index (χ2n) is 4.51. The molecule has 0 fully saturated rings. The molecule has 1 aromatic heterocycles. The highest BCUT2D eigenvalue weighted by atomic mass is 32.1. The number of H-pyrrole nitrogens is 1. The lowest BCUT2D eigenvalue weighted by Gasteiger charge is -2.10. The summed E-state index contributed by atoms with van der Waals surface area (Å²) in [6, 6.07) is 6.25. The van der Waals surface area contributed by atoms with E-state index in [-0.39, 0.29) is 5.82 Å². The van der Waals surface area contributed by atoms with Gasteiger partial charge in [-0.3, -0.25) is 5.10 Å². The standard InChI is InChI=1S/C14H17FN4S/c1-3-11(4-2)13-17-18-14(20)19(13)16-9-10-6-5-7-12(15)8-10/h5-9,11H,3-4H2,1-2H3,(H,18,20)/b16-9-. The predicted octanol–water partition coefficient (Wildman–Crippen LogP) is 3.87. The van der Waals surface area contributed by atoms with Gasteiger partial charge < -0.3 is 0 Å². The number of aromatic nitrogens is 3. The molecule has 0 atom stereocenters. The fourth-order valence-corrected chi connectivity index (χ4v) is 2.23. The molecule has 0 bridgehead atoms. The maximum Gasteiger partial charge on any atom is 0.216 e. The lowest BCUT2D eigenvalue weighted by Crippen LogP contribution is -2.05. The Bertz CT molecular complexity index is 655. The topological polar surface area (TPSA) is 46.0 Å². The van der Waals surface area contributed by atoms with Crippen molar-refractivity contribution >= 4 is 18.4 Å². The molecule has 0 aliphatic carbocycles. The van der Waals surface area contributed by atoms with Crippen LogP contribution in [0.2, 0.25) is 0 Å². The largest absolute Gasteiger partial charge is 0.250 e. The van der Waals surface area contributed by atoms with Crippen LogP contribution in [-0.2, 0) is 0 Å². The predicted molar refractivity (Wildman–Crippen MR) is 80.1 cm³/mol. The van der Waals surface area contributed by atoms with Crippen LogP contribution in [0, 0.1) is 10.6 Å². The highest BCUT2D eigenvalue weighted by Crippen LogP contribution is 2.20. The lowest BCUT2D eigenvalue weighted by atomic mass is 10.0. The molecule has 1 heterocycles. The number of benzene rings is 1. The smallest absolute Gasteiger partial charge is 0.216 e. The van der Waals surface area contributed by atoms with Crippen molar-refractivity contribution in [2.45, 2.75) is 32.6 Å². The van der Waals surface area contributed by atoms with Crippen molar-refractivity contribution in [3.05, 3.63) is 46.2 Å². The Morgan fingerprint density at radius 3 is 2.85 bits per heavy atom. The van der Waals surface area contributed by atoms with Crippen LogP contribution in [0.25, 0.3) is 0 Å². The summed E-state index contributed by atoms with van der Waals surface area (Å²) in [5.74, 6) is 0.824. The second-order valence-corrected chi connectivity index (χ2v) is 4.90. The van der Waals surface area contributed by atoms with Crippen molar-refractivity contribution in [2.24, 2.45) is 5.10 Å². The van der Waals surface area contributed by atoms with Crippen LogP contribution in [0.3, 0.4) is 0 Å². The number of rotatable bonds is 5. The molecule has 20 heavy (non-hydrogen) atoms. The van der Waals surface area contributed by atoms with Gasteiger partial charge in [0.15, 0.2) is 5.82 Å². The number of nitrogens with one attached hydrogen (secondary N) is 1. The minimum atomic E-state index is -0.287. The highest BCUT2D eigenvalue weighted by Gasteiger charge is 2.14. The Balaban J connectivity index is 2.34. The quantitative estimate of drug-likeness (QED) is 0.671. The molecule has 0 saturated carbocycles. The first-order chi connectivity index (χ1) is 9.65. The Morgan fingerprint density at radius 1 is 1.45 bits per heavy atom. The van der Waals surface area contributed by atoms with Crippen molar-refractivity contribution in [3.63, 3.8) is 0 Å². The van der Waals surface area contributed by atoms with Gasteiger partial charge in [-0.25, -0.2) is 4.39 Å². The van der Waals surface area contributed by atoms with Crippen LogP contribution in [0.4, 0.5) is 4.39 Å². The van der Waals surface area contributed by atoms with Gasteiger partial charge in [0.05, 0.1) is 6.21 Å². The molecule has 0 unspecified atom stereocenters. The van der Waals surface area contributed by atoms with E-state index in [1.54, 1.807) is 23.0 Å². The Kier molecular flexibility index (Phi) is 4.79. The summed E-state index contributed by atoms with van der Waals surface area (Å²) >= 11 is 5.19. The monoisotopic (exact) mass is 292 g/mol. The second kappa shape index (κ2) is 6.56. The Labute approximate surface area is 122 Å². The summed E-state index contributed by atoms with van der Waals surface area (Å²) in [6.07, 6.45) is 3.51. The normalized spacial score (nSPS) is 11.6. The van der Waals surface area contributed by atoms with Crippen molar-refractivity contribution in [1.29, 1.82) is 0 Å². The molecular weight excluding hydrogens is 275 g/mol. The van der Waals surface area contributed by atoms with Gasteiger partial charge in [0.2, 0.25) is 4.77 Å². The van der Waals surface area contributed by atoms with Gasteiger partial charge >= 0.3 is 0 Å². The van der Waals surface area contributed by atoms with Gasteiger partial charge in [0.1, 0.15) is 5.82 Å². The summed E-state index contributed by atoms with van der Waals surface area (Å²) < 4.78 is 15.2. The first-order valence-electron chi connectivity index (χ1n) is 6.63. The van der Waals surface area contributed by atoms with Gasteiger partial charge in [0, 0.05) is 5.92 Å². The van der Waals surface area contributed by atoms with Crippen molar-refractivity contribution in [1.82, 2.24) is 14.9 Å². The molecule has 6 heteroatoms. The third-order valence-corrected chi connectivity index (χ3v) is 3.46. The molecule has 106 valence electrons. The molecule has 0 amide bonds. The van der Waals surface area contributed by atoms with Gasteiger partial charge in [-0.15, -0.1) is 0 Å². The van der Waals surface area contributed by atoms with E-state index in [1.165, 1.54) is 12.1 Å². The zero-order valence-corrected chi connectivity index (χ0v) is 12.3. The van der Waals surface area contributed by atoms with Crippen LogP contribution in [0.1, 0.15) is 44.0 Å². The summed E-state index contributed by atoms with van der Waals surface area (Å²) in [6.45, 7) is 4.21. The molecule has 0 saturated heterocycles. The van der Waals surface area contributed by atoms with E-state index in [9.17, 15) is 4.39 Å². The zero-order valence-electron chi connectivity index (χ0n) is 11.5. The number of hydrogen-bond acceptors (Lipinski definition) is 3. The van der Waals surface area contributed by atoms with Gasteiger partial charge in [-0.2, -0.15) is 14.9 Å². The minimum absolute atomic E-state index is 0.287. The number of nitrogens with zero attached hydrogens (tertiary/aromatic N) is 3. The fourth-order valence-electron chi connectivity index (χ4n) is 2.04. The van der Waals surface area contributed by atoms with E-state index < -0.39 is 0 Å². The highest BCUT2D eigenvalue weighted by molar-refractivity contribution is 7.71. The number of halogens is 1. The molecule has 2 aromatic rings. The third kappa shape index (κ3) is 3.19. The maximum absolute atomic E-state index is 13.1. The number of aromatic amines is 1. The van der Waals surface area contributed by atoms with Crippen LogP contribution < -0.4 is 0 Å². The van der Waals surface area contributed by atoms with Crippen molar-refractivity contribution in [2.75, 3.05) is 0 Å². The molecule has 0 radical (unpaired) electrons. The molecule has 0 spiro atoms. The van der Waals surface area contributed by atoms with E-state index in [4.69, 9.17) is 12.2 Å². The van der Waals surface area contributed by atoms with E-state index >= 15 is 0 Å². The first kappa shape index (κ1) is 14.6. The van der Waals surface area contributed by atoms with Crippen LogP contribution in [0.5, 0.6) is 0 Å². The van der Waals surface area contributed by atoms with E-state index in [0.717, 1.165) is 18.7 Å². The van der Waals surface area contributed by atoms with Gasteiger partial charge in [-0.05, 0) is 42.8 Å². The minimum Gasteiger partial charge on any atom is -0.250 e. The maximum atomic E-state index is 13.1. The molecule has 1 aromatic carbocycles. The molecule has 4 nitrogen and oxygen atoms in total. The van der Waals surface area contributed by atoms with Crippen LogP contribution in [-0.4, -0.2) is 21.1 Å². The summed E-state index contributed by atoms with van der Waals surface area (Å²) in [7, 11) is 0. The van der Waals surface area contributed by atoms with Crippen molar-refractivity contribution < 1.29 is 4.39 Å². The molecule has 0 aliphatic rings. The Morgan fingerprint density at radius 2 is 2.20 bits per heavy atom. The average molecular weight is 292 g/mol. The average Bonchev–Trinajstić information content (AvgIpc) is 2.80. The fraction of sp³-hybridized carbons (Fsp3) is 0.357. The Hall–Kier alpha value is -1.82. The molecule has 1 N–H and O–H groups in total. The van der Waals surface area contributed by atoms with E-state index in [1.807, 2.05) is 0 Å².